The van der Waals surface area contributed by atoms with Gasteiger partial charge in [0.1, 0.15) is 5.65 Å². The number of H-pyrrole nitrogens is 1. The second kappa shape index (κ2) is 5.34. The van der Waals surface area contributed by atoms with Gasteiger partial charge in [-0.3, -0.25) is 9.59 Å². The lowest BCUT2D eigenvalue weighted by Crippen LogP contribution is -2.17. The third kappa shape index (κ3) is 2.44. The number of carbonyl (C=O) groups excluding carboxylic acids is 1. The number of nitrogens with zero attached hydrogens (tertiary/aromatic N) is 2. The van der Waals surface area contributed by atoms with Gasteiger partial charge in [0.05, 0.1) is 16.9 Å². The third-order valence-electron chi connectivity index (χ3n) is 3.82. The Kier molecular flexibility index (Phi) is 3.16. The number of aromatic nitrogens is 3. The highest BCUT2D eigenvalue weighted by Crippen LogP contribution is 2.17. The van der Waals surface area contributed by atoms with Crippen molar-refractivity contribution in [2.45, 2.75) is 6.92 Å². The first-order valence-corrected chi connectivity index (χ1v) is 7.49. The van der Waals surface area contributed by atoms with Gasteiger partial charge in [0, 0.05) is 29.4 Å². The van der Waals surface area contributed by atoms with Crippen molar-refractivity contribution < 1.29 is 4.79 Å². The fourth-order valence-corrected chi connectivity index (χ4v) is 2.78. The van der Waals surface area contributed by atoms with E-state index in [9.17, 15) is 9.59 Å². The highest BCUT2D eigenvalue weighted by Gasteiger charge is 2.12. The van der Waals surface area contributed by atoms with E-state index < -0.39 is 0 Å². The van der Waals surface area contributed by atoms with Crippen molar-refractivity contribution in [1.29, 1.82) is 0 Å². The highest BCUT2D eigenvalue weighted by atomic mass is 16.2. The number of aromatic amines is 1. The van der Waals surface area contributed by atoms with Crippen molar-refractivity contribution in [3.8, 4) is 0 Å². The number of imidazole rings is 1. The van der Waals surface area contributed by atoms with E-state index in [1.807, 2.05) is 41.8 Å². The first kappa shape index (κ1) is 14.2. The Hall–Kier alpha value is -3.41. The summed E-state index contributed by atoms with van der Waals surface area (Å²) in [6.45, 7) is 1.91. The molecule has 118 valence electrons. The molecule has 24 heavy (non-hydrogen) atoms. The molecule has 2 N–H and O–H groups in total. The van der Waals surface area contributed by atoms with Gasteiger partial charge in [0.2, 0.25) is 5.56 Å². The van der Waals surface area contributed by atoms with Crippen LogP contribution in [-0.4, -0.2) is 20.3 Å². The summed E-state index contributed by atoms with van der Waals surface area (Å²) in [5.41, 5.74) is 3.02. The van der Waals surface area contributed by atoms with Gasteiger partial charge < -0.3 is 14.7 Å². The molecule has 0 aliphatic carbocycles. The SMILES string of the molecule is Cc1cn2cc(NC(=O)c3cc(=O)[nH]c4ccccc34)ccc2n1. The van der Waals surface area contributed by atoms with E-state index in [0.29, 0.717) is 22.2 Å². The van der Waals surface area contributed by atoms with Gasteiger partial charge in [-0.15, -0.1) is 0 Å². The number of fused-ring (bicyclic) bond motifs is 2. The molecule has 0 radical (unpaired) electrons. The minimum atomic E-state index is -0.325. The molecule has 0 fully saturated rings. The van der Waals surface area contributed by atoms with Crippen LogP contribution in [0.15, 0.2) is 59.7 Å². The van der Waals surface area contributed by atoms with Crippen LogP contribution in [0.25, 0.3) is 16.6 Å². The quantitative estimate of drug-likeness (QED) is 0.596. The summed E-state index contributed by atoms with van der Waals surface area (Å²) in [6, 6.07) is 12.2. The molecule has 4 aromatic rings. The summed E-state index contributed by atoms with van der Waals surface area (Å²) < 4.78 is 1.85. The minimum absolute atomic E-state index is 0.306. The van der Waals surface area contributed by atoms with Crippen LogP contribution in [0.1, 0.15) is 16.1 Å². The smallest absolute Gasteiger partial charge is 0.256 e. The molecule has 1 aromatic carbocycles. The fraction of sp³-hybridized carbons (Fsp3) is 0.0556. The van der Waals surface area contributed by atoms with Crippen molar-refractivity contribution in [3.05, 3.63) is 76.5 Å². The summed E-state index contributed by atoms with van der Waals surface area (Å²) in [5.74, 6) is -0.325. The molecule has 0 saturated heterocycles. The number of benzene rings is 1. The largest absolute Gasteiger partial charge is 0.322 e. The average Bonchev–Trinajstić information content (AvgIpc) is 2.93. The molecule has 3 aromatic heterocycles. The third-order valence-corrected chi connectivity index (χ3v) is 3.82. The molecule has 1 amide bonds. The zero-order chi connectivity index (χ0) is 16.7. The van der Waals surface area contributed by atoms with Crippen LogP contribution in [-0.2, 0) is 0 Å². The normalized spacial score (nSPS) is 11.0. The summed E-state index contributed by atoms with van der Waals surface area (Å²) in [4.78, 5) is 31.5. The maximum Gasteiger partial charge on any atom is 0.256 e. The lowest BCUT2D eigenvalue weighted by molar-refractivity contribution is 0.102. The Balaban J connectivity index is 1.74. The Bertz CT molecular complexity index is 1140. The van der Waals surface area contributed by atoms with E-state index >= 15 is 0 Å². The molecular formula is C18H14N4O2. The van der Waals surface area contributed by atoms with Crippen molar-refractivity contribution >= 4 is 28.1 Å². The Labute approximate surface area is 136 Å². The van der Waals surface area contributed by atoms with Crippen LogP contribution >= 0.6 is 0 Å². The molecule has 4 rings (SSSR count). The number of nitrogens with one attached hydrogen (secondary N) is 2. The molecule has 6 nitrogen and oxygen atoms in total. The number of rotatable bonds is 2. The molecule has 6 heteroatoms. The molecule has 0 spiro atoms. The summed E-state index contributed by atoms with van der Waals surface area (Å²) >= 11 is 0. The van der Waals surface area contributed by atoms with Crippen LogP contribution in [0.4, 0.5) is 5.69 Å². The molecule has 0 bridgehead atoms. The van der Waals surface area contributed by atoms with Gasteiger partial charge in [-0.1, -0.05) is 18.2 Å². The van der Waals surface area contributed by atoms with Gasteiger partial charge in [-0.2, -0.15) is 0 Å². The van der Waals surface area contributed by atoms with Gasteiger partial charge in [0.25, 0.3) is 5.91 Å². The number of amides is 1. The number of hydrogen-bond acceptors (Lipinski definition) is 3. The van der Waals surface area contributed by atoms with Crippen molar-refractivity contribution in [1.82, 2.24) is 14.4 Å². The first-order valence-electron chi connectivity index (χ1n) is 7.49. The average molecular weight is 318 g/mol. The van der Waals surface area contributed by atoms with E-state index in [1.165, 1.54) is 6.07 Å². The number of hydrogen-bond donors (Lipinski definition) is 2. The molecule has 0 aliphatic heterocycles. The second-order valence-electron chi connectivity index (χ2n) is 5.61. The highest BCUT2D eigenvalue weighted by molar-refractivity contribution is 6.12. The second-order valence-corrected chi connectivity index (χ2v) is 5.61. The molecule has 3 heterocycles. The summed E-state index contributed by atoms with van der Waals surface area (Å²) in [7, 11) is 0. The van der Waals surface area contributed by atoms with Crippen LogP contribution in [0.2, 0.25) is 0 Å². The Morgan fingerprint density at radius 1 is 1.17 bits per heavy atom. The number of carbonyl (C=O) groups is 1. The first-order chi connectivity index (χ1) is 11.6. The molecule has 0 aliphatic rings. The van der Waals surface area contributed by atoms with E-state index in [0.717, 1.165) is 11.3 Å². The number of anilines is 1. The maximum atomic E-state index is 12.6. The van der Waals surface area contributed by atoms with Crippen LogP contribution < -0.4 is 10.9 Å². The molecule has 0 unspecified atom stereocenters. The van der Waals surface area contributed by atoms with E-state index in [1.54, 1.807) is 18.3 Å². The zero-order valence-corrected chi connectivity index (χ0v) is 12.9. The Morgan fingerprint density at radius 3 is 2.88 bits per heavy atom. The van der Waals surface area contributed by atoms with Crippen LogP contribution in [0.5, 0.6) is 0 Å². The monoisotopic (exact) mass is 318 g/mol. The van der Waals surface area contributed by atoms with Gasteiger partial charge >= 0.3 is 0 Å². The van der Waals surface area contributed by atoms with Crippen LogP contribution in [0, 0.1) is 6.92 Å². The molecular weight excluding hydrogens is 304 g/mol. The van der Waals surface area contributed by atoms with Crippen molar-refractivity contribution in [3.63, 3.8) is 0 Å². The minimum Gasteiger partial charge on any atom is -0.322 e. The number of para-hydroxylation sites is 1. The van der Waals surface area contributed by atoms with E-state index in [4.69, 9.17) is 0 Å². The molecule has 0 atom stereocenters. The standard InChI is InChI=1S/C18H14N4O2/c1-11-9-22-10-12(6-7-16(22)19-11)20-18(24)14-8-17(23)21-15-5-3-2-4-13(14)15/h2-10H,1H3,(H,20,24)(H,21,23). The lowest BCUT2D eigenvalue weighted by Gasteiger charge is -2.08. The topological polar surface area (TPSA) is 79.3 Å². The molecule has 0 saturated carbocycles. The van der Waals surface area contributed by atoms with E-state index in [-0.39, 0.29) is 11.5 Å². The lowest BCUT2D eigenvalue weighted by atomic mass is 10.1. The van der Waals surface area contributed by atoms with Gasteiger partial charge in [0.15, 0.2) is 0 Å². The number of aryl methyl sites for hydroxylation is 1. The van der Waals surface area contributed by atoms with Crippen molar-refractivity contribution in [2.75, 3.05) is 5.32 Å². The fourth-order valence-electron chi connectivity index (χ4n) is 2.78. The Morgan fingerprint density at radius 2 is 2.00 bits per heavy atom. The van der Waals surface area contributed by atoms with Gasteiger partial charge in [-0.25, -0.2) is 4.98 Å². The maximum absolute atomic E-state index is 12.6. The predicted octanol–water partition coefficient (Wildman–Crippen LogP) is 2.74. The van der Waals surface area contributed by atoms with Crippen molar-refractivity contribution in [2.24, 2.45) is 0 Å². The summed E-state index contributed by atoms with van der Waals surface area (Å²) in [5, 5.41) is 3.54. The van der Waals surface area contributed by atoms with Gasteiger partial charge in [-0.05, 0) is 25.1 Å². The zero-order valence-electron chi connectivity index (χ0n) is 12.9. The summed E-state index contributed by atoms with van der Waals surface area (Å²) in [6.07, 6.45) is 3.68. The van der Waals surface area contributed by atoms with Crippen LogP contribution in [0.3, 0.4) is 0 Å². The van der Waals surface area contributed by atoms with E-state index in [2.05, 4.69) is 15.3 Å². The number of pyridine rings is 2. The predicted molar refractivity (Wildman–Crippen MR) is 92.5 cm³/mol.